The number of pyridine rings is 1. The van der Waals surface area contributed by atoms with Crippen LogP contribution in [0.3, 0.4) is 0 Å². The van der Waals surface area contributed by atoms with E-state index in [2.05, 4.69) is 25.5 Å². The molecule has 1 N–H and O–H groups in total. The smallest absolute Gasteiger partial charge is 0.352 e. The quantitative estimate of drug-likeness (QED) is 0.586. The molecule has 0 radical (unpaired) electrons. The molecule has 0 bridgehead atoms. The van der Waals surface area contributed by atoms with E-state index in [0.717, 1.165) is 12.3 Å². The van der Waals surface area contributed by atoms with Crippen LogP contribution in [0.4, 0.5) is 13.2 Å². The lowest BCUT2D eigenvalue weighted by atomic mass is 10.1. The highest BCUT2D eigenvalue weighted by molar-refractivity contribution is 5.95. The van der Waals surface area contributed by atoms with Crippen LogP contribution in [0.1, 0.15) is 59.5 Å². The second-order valence-electron chi connectivity index (χ2n) is 7.01. The summed E-state index contributed by atoms with van der Waals surface area (Å²) in [6.07, 6.45) is -1.18. The first-order valence-corrected chi connectivity index (χ1v) is 9.35. The van der Waals surface area contributed by atoms with Crippen LogP contribution in [-0.2, 0) is 12.6 Å². The van der Waals surface area contributed by atoms with Crippen LogP contribution in [0.15, 0.2) is 29.0 Å². The lowest BCUT2D eigenvalue weighted by molar-refractivity contribution is -0.137. The van der Waals surface area contributed by atoms with Crippen molar-refractivity contribution < 1.29 is 22.5 Å². The lowest BCUT2D eigenvalue weighted by Crippen LogP contribution is -2.26. The third-order valence-corrected chi connectivity index (χ3v) is 4.31. The van der Waals surface area contributed by atoms with Gasteiger partial charge in [0.1, 0.15) is 0 Å². The van der Waals surface area contributed by atoms with Crippen LogP contribution in [0.2, 0.25) is 0 Å². The molecule has 0 aliphatic carbocycles. The molecule has 0 spiro atoms. The highest BCUT2D eigenvalue weighted by atomic mass is 19.4. The zero-order chi connectivity index (χ0) is 21.9. The van der Waals surface area contributed by atoms with Gasteiger partial charge < -0.3 is 9.84 Å². The van der Waals surface area contributed by atoms with E-state index in [4.69, 9.17) is 4.52 Å². The number of hydrogen-bond acceptors (Lipinski definition) is 6. The van der Waals surface area contributed by atoms with E-state index in [1.165, 1.54) is 16.9 Å². The number of rotatable bonds is 7. The molecule has 160 valence electrons. The lowest BCUT2D eigenvalue weighted by Gasteiger charge is -2.13. The second-order valence-corrected chi connectivity index (χ2v) is 7.01. The zero-order valence-corrected chi connectivity index (χ0v) is 16.7. The van der Waals surface area contributed by atoms with Gasteiger partial charge in [0.25, 0.3) is 5.91 Å². The molecule has 0 saturated heterocycles. The van der Waals surface area contributed by atoms with Crippen molar-refractivity contribution in [3.8, 4) is 5.82 Å². The molecule has 0 aromatic carbocycles. The maximum atomic E-state index is 12.8. The maximum absolute atomic E-state index is 12.8. The molecule has 3 heterocycles. The predicted octanol–water partition coefficient (Wildman–Crippen LogP) is 3.46. The fourth-order valence-electron chi connectivity index (χ4n) is 2.93. The predicted molar refractivity (Wildman–Crippen MR) is 100 cm³/mol. The molecule has 1 amide bonds. The number of alkyl halides is 3. The van der Waals surface area contributed by atoms with Gasteiger partial charge in [-0.1, -0.05) is 19.0 Å². The first kappa shape index (κ1) is 21.5. The Balaban J connectivity index is 1.71. The molecule has 30 heavy (non-hydrogen) atoms. The molecule has 3 aromatic rings. The highest BCUT2D eigenvalue weighted by Crippen LogP contribution is 2.29. The van der Waals surface area contributed by atoms with Gasteiger partial charge in [0.15, 0.2) is 11.6 Å². The summed E-state index contributed by atoms with van der Waals surface area (Å²) in [5.41, 5.74) is 0.0616. The Morgan fingerprint density at radius 1 is 1.27 bits per heavy atom. The van der Waals surface area contributed by atoms with E-state index in [9.17, 15) is 18.0 Å². The van der Waals surface area contributed by atoms with Crippen molar-refractivity contribution in [2.75, 3.05) is 6.54 Å². The molecule has 3 aromatic heterocycles. The Labute approximate surface area is 170 Å². The Morgan fingerprint density at radius 3 is 2.60 bits per heavy atom. The first-order chi connectivity index (χ1) is 14.2. The molecule has 0 saturated carbocycles. The monoisotopic (exact) mass is 422 g/mol. The average molecular weight is 422 g/mol. The Hall–Kier alpha value is -3.24. The number of nitrogens with one attached hydrogen (secondary N) is 1. The van der Waals surface area contributed by atoms with E-state index in [0.29, 0.717) is 42.4 Å². The van der Waals surface area contributed by atoms with Gasteiger partial charge in [-0.25, -0.2) is 9.67 Å². The van der Waals surface area contributed by atoms with Crippen molar-refractivity contribution in [2.45, 2.75) is 45.7 Å². The number of carbonyl (C=O) groups is 1. The van der Waals surface area contributed by atoms with Crippen LogP contribution in [-0.4, -0.2) is 37.4 Å². The van der Waals surface area contributed by atoms with Gasteiger partial charge in [-0.05, 0) is 31.4 Å². The van der Waals surface area contributed by atoms with Crippen LogP contribution in [0.5, 0.6) is 0 Å². The summed E-state index contributed by atoms with van der Waals surface area (Å²) in [6, 6.07) is 2.17. The van der Waals surface area contributed by atoms with E-state index < -0.39 is 11.7 Å². The molecule has 0 unspecified atom stereocenters. The van der Waals surface area contributed by atoms with Crippen molar-refractivity contribution in [1.82, 2.24) is 30.2 Å². The van der Waals surface area contributed by atoms with Gasteiger partial charge in [-0.3, -0.25) is 4.79 Å². The summed E-state index contributed by atoms with van der Waals surface area (Å²) in [5.74, 6) is 0.834. The summed E-state index contributed by atoms with van der Waals surface area (Å²) in [4.78, 5) is 20.6. The van der Waals surface area contributed by atoms with Crippen molar-refractivity contribution >= 4 is 5.91 Å². The van der Waals surface area contributed by atoms with Crippen LogP contribution >= 0.6 is 0 Å². The van der Waals surface area contributed by atoms with E-state index in [1.807, 2.05) is 13.8 Å². The van der Waals surface area contributed by atoms with Gasteiger partial charge in [-0.15, -0.1) is 0 Å². The fraction of sp³-hybridized carbons (Fsp3) is 0.421. The fourth-order valence-corrected chi connectivity index (χ4v) is 2.93. The number of aromatic nitrogens is 5. The third-order valence-electron chi connectivity index (χ3n) is 4.31. The van der Waals surface area contributed by atoms with E-state index in [-0.39, 0.29) is 17.6 Å². The van der Waals surface area contributed by atoms with Crippen molar-refractivity contribution in [1.29, 1.82) is 0 Å². The standard InChI is InChI=1S/C19H21F3N6O2/c1-11(2)17-14(18(29)23-8-4-5-16-26-12(3)27-30-16)10-25-28(17)15-7-6-13(9-24-15)19(20,21)22/h6-7,9-11H,4-5,8H2,1-3H3,(H,23,29). The topological polar surface area (TPSA) is 98.7 Å². The van der Waals surface area contributed by atoms with Gasteiger partial charge in [0.2, 0.25) is 5.89 Å². The first-order valence-electron chi connectivity index (χ1n) is 9.35. The number of aryl methyl sites for hydroxylation is 2. The van der Waals surface area contributed by atoms with Crippen molar-refractivity contribution in [2.24, 2.45) is 0 Å². The summed E-state index contributed by atoms with van der Waals surface area (Å²) in [7, 11) is 0. The Morgan fingerprint density at radius 2 is 2.03 bits per heavy atom. The summed E-state index contributed by atoms with van der Waals surface area (Å²) in [5, 5.41) is 10.7. The molecule has 0 aliphatic rings. The van der Waals surface area contributed by atoms with Gasteiger partial charge in [-0.2, -0.15) is 23.3 Å². The Bertz CT molecular complexity index is 1010. The SMILES string of the molecule is Cc1noc(CCCNC(=O)c2cnn(-c3ccc(C(F)(F)F)cn3)c2C(C)C)n1. The molecular formula is C19H21F3N6O2. The minimum absolute atomic E-state index is 0.112. The summed E-state index contributed by atoms with van der Waals surface area (Å²) < 4.78 is 44.7. The molecular weight excluding hydrogens is 401 g/mol. The average Bonchev–Trinajstić information content (AvgIpc) is 3.31. The van der Waals surface area contributed by atoms with E-state index >= 15 is 0 Å². The summed E-state index contributed by atoms with van der Waals surface area (Å²) >= 11 is 0. The molecule has 11 heteroatoms. The minimum Gasteiger partial charge on any atom is -0.352 e. The molecule has 0 fully saturated rings. The number of hydrogen-bond donors (Lipinski definition) is 1. The normalized spacial score (nSPS) is 11.8. The number of amides is 1. The van der Waals surface area contributed by atoms with Gasteiger partial charge in [0.05, 0.1) is 23.0 Å². The van der Waals surface area contributed by atoms with Crippen molar-refractivity contribution in [3.63, 3.8) is 0 Å². The van der Waals surface area contributed by atoms with Crippen LogP contribution < -0.4 is 5.32 Å². The van der Waals surface area contributed by atoms with Gasteiger partial charge >= 0.3 is 6.18 Å². The number of nitrogens with zero attached hydrogens (tertiary/aromatic N) is 5. The van der Waals surface area contributed by atoms with Gasteiger partial charge in [0, 0.05) is 19.2 Å². The minimum atomic E-state index is -4.47. The highest BCUT2D eigenvalue weighted by Gasteiger charge is 2.31. The molecule has 0 atom stereocenters. The maximum Gasteiger partial charge on any atom is 0.417 e. The zero-order valence-electron chi connectivity index (χ0n) is 16.7. The number of carbonyl (C=O) groups excluding carboxylic acids is 1. The largest absolute Gasteiger partial charge is 0.417 e. The molecule has 3 rings (SSSR count). The van der Waals surface area contributed by atoms with Crippen molar-refractivity contribution in [3.05, 3.63) is 53.1 Å². The second kappa shape index (κ2) is 8.64. The Kier molecular flexibility index (Phi) is 6.18. The third kappa shape index (κ3) is 4.84. The van der Waals surface area contributed by atoms with Crippen LogP contribution in [0.25, 0.3) is 5.82 Å². The molecule has 0 aliphatic heterocycles. The van der Waals surface area contributed by atoms with Crippen LogP contribution in [0, 0.1) is 6.92 Å². The summed E-state index contributed by atoms with van der Waals surface area (Å²) in [6.45, 7) is 5.85. The number of halogens is 3. The molecule has 8 nitrogen and oxygen atoms in total. The van der Waals surface area contributed by atoms with E-state index in [1.54, 1.807) is 6.92 Å².